The summed E-state index contributed by atoms with van der Waals surface area (Å²) in [4.78, 5) is 0. The summed E-state index contributed by atoms with van der Waals surface area (Å²) in [6, 6.07) is 2.24. The maximum Gasteiger partial charge on any atom is 0.573 e. The van der Waals surface area contributed by atoms with Gasteiger partial charge >= 0.3 is 6.36 Å². The molecule has 0 amide bonds. The molecule has 0 aliphatic heterocycles. The molecule has 2 nitrogen and oxygen atoms in total. The monoisotopic (exact) mass is 279 g/mol. The molecule has 0 unspecified atom stereocenters. The number of ether oxygens (including phenoxy) is 1. The number of alkyl halides is 3. The van der Waals surface area contributed by atoms with Crippen molar-refractivity contribution in [2.75, 3.05) is 0 Å². The van der Waals surface area contributed by atoms with E-state index in [2.05, 4.69) is 4.74 Å². The summed E-state index contributed by atoms with van der Waals surface area (Å²) in [6.45, 7) is 3.98. The Kier molecular flexibility index (Phi) is 5.17. The van der Waals surface area contributed by atoms with Gasteiger partial charge in [-0.25, -0.2) is 4.39 Å². The van der Waals surface area contributed by atoms with E-state index in [4.69, 9.17) is 5.73 Å². The molecule has 108 valence electrons. The maximum absolute atomic E-state index is 13.6. The zero-order valence-corrected chi connectivity index (χ0v) is 10.8. The molecule has 0 aliphatic carbocycles. The van der Waals surface area contributed by atoms with Gasteiger partial charge in [0.05, 0.1) is 0 Å². The van der Waals surface area contributed by atoms with Crippen molar-refractivity contribution in [2.45, 2.75) is 39.1 Å². The number of halogens is 4. The summed E-state index contributed by atoms with van der Waals surface area (Å²) in [5, 5.41) is 0. The Hall–Kier alpha value is -1.30. The zero-order chi connectivity index (χ0) is 14.6. The summed E-state index contributed by atoms with van der Waals surface area (Å²) < 4.78 is 53.6. The molecule has 0 radical (unpaired) electrons. The Morgan fingerprint density at radius 3 is 2.37 bits per heavy atom. The first-order chi connectivity index (χ1) is 8.69. The first kappa shape index (κ1) is 15.8. The summed E-state index contributed by atoms with van der Waals surface area (Å²) in [6.07, 6.45) is -3.52. The summed E-state index contributed by atoms with van der Waals surface area (Å²) in [5.41, 5.74) is 5.84. The van der Waals surface area contributed by atoms with Crippen LogP contribution < -0.4 is 10.5 Å². The molecule has 0 aliphatic rings. The molecule has 0 spiro atoms. The smallest absolute Gasteiger partial charge is 0.406 e. The lowest BCUT2D eigenvalue weighted by Crippen LogP contribution is -2.18. The number of nitrogens with two attached hydrogens (primary N) is 1. The molecule has 0 saturated heterocycles. The largest absolute Gasteiger partial charge is 0.573 e. The van der Waals surface area contributed by atoms with Crippen molar-refractivity contribution in [3.05, 3.63) is 29.6 Å². The van der Waals surface area contributed by atoms with Crippen LogP contribution in [0.15, 0.2) is 18.2 Å². The standard InChI is InChI=1S/C13H17F4NO/c1-8(2)3-6-12(18)10-7-9(4-5-11(10)14)19-13(15,16)17/h4-5,7-8,12H,3,6,18H2,1-2H3/t12-/m1/s1. The van der Waals surface area contributed by atoms with Gasteiger partial charge < -0.3 is 10.5 Å². The molecule has 1 aromatic carbocycles. The third-order valence-corrected chi connectivity index (χ3v) is 2.66. The molecule has 0 saturated carbocycles. The van der Waals surface area contributed by atoms with Gasteiger partial charge in [-0.15, -0.1) is 13.2 Å². The van der Waals surface area contributed by atoms with Crippen LogP contribution in [0.25, 0.3) is 0 Å². The van der Waals surface area contributed by atoms with Crippen molar-refractivity contribution < 1.29 is 22.3 Å². The fourth-order valence-corrected chi connectivity index (χ4v) is 1.67. The van der Waals surface area contributed by atoms with E-state index in [1.807, 2.05) is 13.8 Å². The Labute approximate surface area is 109 Å². The van der Waals surface area contributed by atoms with Gasteiger partial charge in [0.15, 0.2) is 0 Å². The van der Waals surface area contributed by atoms with E-state index in [0.29, 0.717) is 12.3 Å². The normalized spacial score (nSPS) is 13.7. The van der Waals surface area contributed by atoms with Crippen molar-refractivity contribution in [3.63, 3.8) is 0 Å². The molecule has 0 fully saturated rings. The van der Waals surface area contributed by atoms with E-state index < -0.39 is 24.0 Å². The van der Waals surface area contributed by atoms with E-state index >= 15 is 0 Å². The van der Waals surface area contributed by atoms with Gasteiger partial charge in [0.2, 0.25) is 0 Å². The molecular formula is C13H17F4NO. The van der Waals surface area contributed by atoms with E-state index in [0.717, 1.165) is 24.6 Å². The van der Waals surface area contributed by atoms with Crippen molar-refractivity contribution in [1.29, 1.82) is 0 Å². The molecule has 0 aromatic heterocycles. The third kappa shape index (κ3) is 5.46. The average Bonchev–Trinajstić information content (AvgIpc) is 2.26. The highest BCUT2D eigenvalue weighted by Crippen LogP contribution is 2.28. The lowest BCUT2D eigenvalue weighted by Gasteiger charge is -2.16. The van der Waals surface area contributed by atoms with Crippen molar-refractivity contribution in [1.82, 2.24) is 0 Å². The summed E-state index contributed by atoms with van der Waals surface area (Å²) in [7, 11) is 0. The number of rotatable bonds is 5. The van der Waals surface area contributed by atoms with Gasteiger partial charge in [-0.3, -0.25) is 0 Å². The first-order valence-corrected chi connectivity index (χ1v) is 6.00. The fraction of sp³-hybridized carbons (Fsp3) is 0.538. The van der Waals surface area contributed by atoms with E-state index in [1.54, 1.807) is 0 Å². The van der Waals surface area contributed by atoms with E-state index in [9.17, 15) is 17.6 Å². The zero-order valence-electron chi connectivity index (χ0n) is 10.8. The third-order valence-electron chi connectivity index (χ3n) is 2.66. The number of hydrogen-bond donors (Lipinski definition) is 1. The Bertz CT molecular complexity index is 418. The van der Waals surface area contributed by atoms with Crippen molar-refractivity contribution >= 4 is 0 Å². The number of benzene rings is 1. The minimum absolute atomic E-state index is 0.0439. The maximum atomic E-state index is 13.6. The fourth-order valence-electron chi connectivity index (χ4n) is 1.67. The summed E-state index contributed by atoms with van der Waals surface area (Å²) in [5.74, 6) is -0.682. The second-order valence-corrected chi connectivity index (χ2v) is 4.81. The van der Waals surface area contributed by atoms with Crippen LogP contribution in [0.5, 0.6) is 5.75 Å². The highest BCUT2D eigenvalue weighted by Gasteiger charge is 2.31. The van der Waals surface area contributed by atoms with Crippen LogP contribution in [0, 0.1) is 11.7 Å². The minimum atomic E-state index is -4.79. The molecule has 0 bridgehead atoms. The summed E-state index contributed by atoms with van der Waals surface area (Å²) >= 11 is 0. The topological polar surface area (TPSA) is 35.2 Å². The van der Waals surface area contributed by atoms with Crippen LogP contribution in [-0.4, -0.2) is 6.36 Å². The Morgan fingerprint density at radius 2 is 1.84 bits per heavy atom. The van der Waals surface area contributed by atoms with E-state index in [-0.39, 0.29) is 5.56 Å². The highest BCUT2D eigenvalue weighted by atomic mass is 19.4. The van der Waals surface area contributed by atoms with Gasteiger partial charge in [0.1, 0.15) is 11.6 Å². The molecule has 1 aromatic rings. The SMILES string of the molecule is CC(C)CC[C@@H](N)c1cc(OC(F)(F)F)ccc1F. The molecule has 19 heavy (non-hydrogen) atoms. The minimum Gasteiger partial charge on any atom is -0.406 e. The van der Waals surface area contributed by atoms with Crippen LogP contribution in [0.2, 0.25) is 0 Å². The van der Waals surface area contributed by atoms with Crippen LogP contribution in [0.1, 0.15) is 38.3 Å². The van der Waals surface area contributed by atoms with Gasteiger partial charge in [-0.2, -0.15) is 0 Å². The van der Waals surface area contributed by atoms with E-state index in [1.165, 1.54) is 0 Å². The Balaban J connectivity index is 2.84. The molecule has 2 N–H and O–H groups in total. The molecular weight excluding hydrogens is 262 g/mol. The predicted octanol–water partition coefficient (Wildman–Crippen LogP) is 4.16. The van der Waals surface area contributed by atoms with Crippen LogP contribution >= 0.6 is 0 Å². The van der Waals surface area contributed by atoms with Crippen LogP contribution in [-0.2, 0) is 0 Å². The quantitative estimate of drug-likeness (QED) is 0.821. The molecule has 6 heteroatoms. The molecule has 1 rings (SSSR count). The number of hydrogen-bond acceptors (Lipinski definition) is 2. The highest BCUT2D eigenvalue weighted by molar-refractivity contribution is 5.32. The van der Waals surface area contributed by atoms with Gasteiger partial charge in [-0.05, 0) is 37.0 Å². The van der Waals surface area contributed by atoms with Crippen molar-refractivity contribution in [2.24, 2.45) is 11.7 Å². The predicted molar refractivity (Wildman–Crippen MR) is 64.1 cm³/mol. The van der Waals surface area contributed by atoms with Crippen LogP contribution in [0.3, 0.4) is 0 Å². The molecule has 1 atom stereocenters. The Morgan fingerprint density at radius 1 is 1.21 bits per heavy atom. The lowest BCUT2D eigenvalue weighted by atomic mass is 9.98. The first-order valence-electron chi connectivity index (χ1n) is 6.00. The van der Waals surface area contributed by atoms with Gasteiger partial charge in [-0.1, -0.05) is 13.8 Å². The average molecular weight is 279 g/mol. The van der Waals surface area contributed by atoms with Gasteiger partial charge in [0, 0.05) is 11.6 Å². The second-order valence-electron chi connectivity index (χ2n) is 4.81. The van der Waals surface area contributed by atoms with Crippen molar-refractivity contribution in [3.8, 4) is 5.75 Å². The lowest BCUT2D eigenvalue weighted by molar-refractivity contribution is -0.274. The molecule has 0 heterocycles. The van der Waals surface area contributed by atoms with Gasteiger partial charge in [0.25, 0.3) is 0 Å². The van der Waals surface area contributed by atoms with Crippen LogP contribution in [0.4, 0.5) is 17.6 Å². The second kappa shape index (κ2) is 6.23.